The predicted molar refractivity (Wildman–Crippen MR) is 108 cm³/mol. The SMILES string of the molecule is COc1cn(Cc2ccccc2SC(F)(F)F)c(-c2cccc(C(F)(F)F)c2Cl)nc1=O. The molecule has 3 aromatic rings. The molecule has 32 heavy (non-hydrogen) atoms. The molecule has 0 N–H and O–H groups in total. The van der Waals surface area contributed by atoms with Crippen molar-refractivity contribution in [3.8, 4) is 17.1 Å². The lowest BCUT2D eigenvalue weighted by molar-refractivity contribution is -0.137. The first-order chi connectivity index (χ1) is 14.9. The van der Waals surface area contributed by atoms with Crippen molar-refractivity contribution >= 4 is 23.4 Å². The molecule has 0 amide bonds. The van der Waals surface area contributed by atoms with Crippen LogP contribution in [-0.2, 0) is 12.7 Å². The van der Waals surface area contributed by atoms with E-state index < -0.39 is 27.8 Å². The molecular formula is C20H13ClF6N2O2S. The average Bonchev–Trinajstić information content (AvgIpc) is 2.68. The zero-order valence-electron chi connectivity index (χ0n) is 16.1. The number of thioether (sulfide) groups is 1. The molecule has 0 aliphatic rings. The number of benzene rings is 2. The lowest BCUT2D eigenvalue weighted by Crippen LogP contribution is -2.18. The van der Waals surface area contributed by atoms with Crippen molar-refractivity contribution in [3.05, 3.63) is 75.2 Å². The van der Waals surface area contributed by atoms with Crippen LogP contribution in [0, 0.1) is 0 Å². The summed E-state index contributed by atoms with van der Waals surface area (Å²) in [6, 6.07) is 8.73. The van der Waals surface area contributed by atoms with Gasteiger partial charge in [0.15, 0.2) is 0 Å². The topological polar surface area (TPSA) is 44.1 Å². The molecule has 0 fully saturated rings. The minimum absolute atomic E-state index is 0.112. The van der Waals surface area contributed by atoms with Crippen LogP contribution >= 0.6 is 23.4 Å². The van der Waals surface area contributed by atoms with Crippen molar-refractivity contribution < 1.29 is 31.1 Å². The normalized spacial score (nSPS) is 12.1. The molecule has 2 aromatic carbocycles. The number of methoxy groups -OCH3 is 1. The molecule has 0 saturated heterocycles. The molecule has 0 spiro atoms. The second-order valence-corrected chi connectivity index (χ2v) is 7.87. The van der Waals surface area contributed by atoms with Crippen LogP contribution in [0.25, 0.3) is 11.4 Å². The Kier molecular flexibility index (Phi) is 6.80. The summed E-state index contributed by atoms with van der Waals surface area (Å²) in [6.45, 7) is -0.245. The summed E-state index contributed by atoms with van der Waals surface area (Å²) in [5.74, 6) is -0.489. The highest BCUT2D eigenvalue weighted by Crippen LogP contribution is 2.41. The van der Waals surface area contributed by atoms with Gasteiger partial charge >= 0.3 is 17.2 Å². The Morgan fingerprint density at radius 3 is 2.38 bits per heavy atom. The number of aromatic nitrogens is 2. The molecule has 12 heteroatoms. The van der Waals surface area contributed by atoms with E-state index in [1.807, 2.05) is 0 Å². The summed E-state index contributed by atoms with van der Waals surface area (Å²) in [5.41, 5.74) is -6.57. The van der Waals surface area contributed by atoms with E-state index >= 15 is 0 Å². The van der Waals surface area contributed by atoms with Gasteiger partial charge in [0.1, 0.15) is 5.82 Å². The third-order valence-electron chi connectivity index (χ3n) is 4.27. The minimum Gasteiger partial charge on any atom is -0.490 e. The number of hydrogen-bond acceptors (Lipinski definition) is 4. The van der Waals surface area contributed by atoms with Crippen LogP contribution in [0.2, 0.25) is 5.02 Å². The molecule has 0 radical (unpaired) electrons. The largest absolute Gasteiger partial charge is 0.490 e. The van der Waals surface area contributed by atoms with Gasteiger partial charge in [0, 0.05) is 10.5 Å². The summed E-state index contributed by atoms with van der Waals surface area (Å²) in [7, 11) is 1.19. The van der Waals surface area contributed by atoms with Crippen molar-refractivity contribution in [2.24, 2.45) is 0 Å². The molecule has 3 rings (SSSR count). The van der Waals surface area contributed by atoms with E-state index in [9.17, 15) is 31.1 Å². The standard InChI is InChI=1S/C20H13ClF6N2O2S/c1-31-14-10-29(9-11-5-2-3-8-15(11)32-20(25,26)27)17(28-18(14)30)12-6-4-7-13(16(12)21)19(22,23)24/h2-8,10H,9H2,1H3. The highest BCUT2D eigenvalue weighted by Gasteiger charge is 2.35. The number of rotatable bonds is 5. The first kappa shape index (κ1) is 24.0. The first-order valence-corrected chi connectivity index (χ1v) is 9.95. The smallest absolute Gasteiger partial charge is 0.446 e. The highest BCUT2D eigenvalue weighted by molar-refractivity contribution is 8.00. The fraction of sp³-hybridized carbons (Fsp3) is 0.200. The molecular weight excluding hydrogens is 482 g/mol. The zero-order chi connectivity index (χ0) is 23.7. The molecule has 1 aromatic heterocycles. The lowest BCUT2D eigenvalue weighted by Gasteiger charge is -2.18. The van der Waals surface area contributed by atoms with Crippen LogP contribution in [0.15, 0.2) is 58.4 Å². The molecule has 0 atom stereocenters. The molecule has 0 unspecified atom stereocenters. The fourth-order valence-electron chi connectivity index (χ4n) is 2.91. The molecule has 0 aliphatic heterocycles. The number of hydrogen-bond donors (Lipinski definition) is 0. The van der Waals surface area contributed by atoms with Crippen LogP contribution in [-0.4, -0.2) is 22.2 Å². The van der Waals surface area contributed by atoms with Gasteiger partial charge in [-0.1, -0.05) is 35.9 Å². The Morgan fingerprint density at radius 2 is 1.75 bits per heavy atom. The number of halogens is 7. The van der Waals surface area contributed by atoms with Gasteiger partial charge < -0.3 is 9.30 Å². The Hall–Kier alpha value is -2.66. The van der Waals surface area contributed by atoms with E-state index in [0.29, 0.717) is 0 Å². The fourth-order valence-corrected chi connectivity index (χ4v) is 3.89. The van der Waals surface area contributed by atoms with E-state index in [4.69, 9.17) is 16.3 Å². The van der Waals surface area contributed by atoms with Gasteiger partial charge in [0.2, 0.25) is 5.75 Å². The number of ether oxygens (including phenoxy) is 1. The molecule has 1 heterocycles. The van der Waals surface area contributed by atoms with Crippen molar-refractivity contribution in [1.29, 1.82) is 0 Å². The third-order valence-corrected chi connectivity index (χ3v) is 5.52. The van der Waals surface area contributed by atoms with Crippen molar-refractivity contribution in [2.75, 3.05) is 7.11 Å². The van der Waals surface area contributed by atoms with Gasteiger partial charge in [-0.05, 0) is 35.5 Å². The zero-order valence-corrected chi connectivity index (χ0v) is 17.7. The van der Waals surface area contributed by atoms with Crippen LogP contribution in [0.1, 0.15) is 11.1 Å². The quantitative estimate of drug-likeness (QED) is 0.310. The van der Waals surface area contributed by atoms with Crippen LogP contribution in [0.4, 0.5) is 26.3 Å². The Bertz CT molecular complexity index is 1190. The van der Waals surface area contributed by atoms with Gasteiger partial charge in [-0.25, -0.2) is 0 Å². The predicted octanol–water partition coefficient (Wildman–Crippen LogP) is 6.25. The van der Waals surface area contributed by atoms with Gasteiger partial charge in [-0.15, -0.1) is 0 Å². The Balaban J connectivity index is 2.19. The molecule has 0 saturated carbocycles. The van der Waals surface area contributed by atoms with Crippen LogP contribution in [0.3, 0.4) is 0 Å². The molecule has 0 bridgehead atoms. The summed E-state index contributed by atoms with van der Waals surface area (Å²) in [6.07, 6.45) is -3.60. The van der Waals surface area contributed by atoms with Crippen molar-refractivity contribution in [1.82, 2.24) is 9.55 Å². The first-order valence-electron chi connectivity index (χ1n) is 8.76. The van der Waals surface area contributed by atoms with E-state index in [1.165, 1.54) is 42.0 Å². The summed E-state index contributed by atoms with van der Waals surface area (Å²) < 4.78 is 84.9. The summed E-state index contributed by atoms with van der Waals surface area (Å²) in [5, 5.41) is -0.691. The summed E-state index contributed by atoms with van der Waals surface area (Å²) >= 11 is 5.66. The van der Waals surface area contributed by atoms with Gasteiger partial charge in [0.25, 0.3) is 0 Å². The molecule has 170 valence electrons. The third kappa shape index (κ3) is 5.39. The van der Waals surface area contributed by atoms with E-state index in [0.717, 1.165) is 18.3 Å². The van der Waals surface area contributed by atoms with Crippen molar-refractivity contribution in [2.45, 2.75) is 23.1 Å². The minimum atomic E-state index is -4.76. The molecule has 0 aliphatic carbocycles. The van der Waals surface area contributed by atoms with E-state index in [2.05, 4.69) is 4.98 Å². The Morgan fingerprint density at radius 1 is 1.06 bits per heavy atom. The maximum atomic E-state index is 13.3. The lowest BCUT2D eigenvalue weighted by atomic mass is 10.1. The van der Waals surface area contributed by atoms with Gasteiger partial charge in [-0.3, -0.25) is 4.79 Å². The Labute approximate surface area is 186 Å². The second-order valence-electron chi connectivity index (χ2n) is 6.39. The molecule has 4 nitrogen and oxygen atoms in total. The number of nitrogens with zero attached hydrogens (tertiary/aromatic N) is 2. The number of alkyl halides is 6. The highest BCUT2D eigenvalue weighted by atomic mass is 35.5. The second kappa shape index (κ2) is 9.07. The maximum Gasteiger partial charge on any atom is 0.446 e. The maximum absolute atomic E-state index is 13.3. The van der Waals surface area contributed by atoms with Gasteiger partial charge in [-0.2, -0.15) is 31.3 Å². The van der Waals surface area contributed by atoms with Crippen LogP contribution in [0.5, 0.6) is 5.75 Å². The van der Waals surface area contributed by atoms with Gasteiger partial charge in [0.05, 0.1) is 30.4 Å². The van der Waals surface area contributed by atoms with Crippen molar-refractivity contribution in [3.63, 3.8) is 0 Å². The van der Waals surface area contributed by atoms with E-state index in [1.54, 1.807) is 0 Å². The monoisotopic (exact) mass is 494 g/mol. The summed E-state index contributed by atoms with van der Waals surface area (Å²) in [4.78, 5) is 15.9. The average molecular weight is 495 g/mol. The van der Waals surface area contributed by atoms with Crippen LogP contribution < -0.4 is 10.3 Å². The van der Waals surface area contributed by atoms with E-state index in [-0.39, 0.29) is 45.9 Å².